The summed E-state index contributed by atoms with van der Waals surface area (Å²) in [6.07, 6.45) is 0.777. The van der Waals surface area contributed by atoms with Gasteiger partial charge in [-0.2, -0.15) is 0 Å². The molecule has 0 aliphatic rings. The first kappa shape index (κ1) is 13.9. The number of hydrogen-bond donors (Lipinski definition) is 2. The quantitative estimate of drug-likeness (QED) is 0.689. The van der Waals surface area contributed by atoms with Gasteiger partial charge in [0, 0.05) is 6.92 Å². The molecule has 15 heavy (non-hydrogen) atoms. The highest BCUT2D eigenvalue weighted by molar-refractivity contribution is 5.82. The largest absolute Gasteiger partial charge is 0.480 e. The van der Waals surface area contributed by atoms with Gasteiger partial charge in [-0.05, 0) is 20.3 Å². The molecule has 0 aromatic rings. The first-order chi connectivity index (χ1) is 6.78. The second-order valence-electron chi connectivity index (χ2n) is 4.02. The molecular weight excluding hydrogens is 198 g/mol. The van der Waals surface area contributed by atoms with Crippen LogP contribution in [0, 0.1) is 0 Å². The molecule has 0 saturated carbocycles. The van der Waals surface area contributed by atoms with Crippen molar-refractivity contribution in [2.45, 2.75) is 45.8 Å². The van der Waals surface area contributed by atoms with Gasteiger partial charge in [-0.3, -0.25) is 4.79 Å². The third-order valence-electron chi connectivity index (χ3n) is 2.17. The molecule has 0 saturated heterocycles. The number of rotatable bonds is 6. The van der Waals surface area contributed by atoms with Crippen molar-refractivity contribution in [3.63, 3.8) is 0 Å². The van der Waals surface area contributed by atoms with Crippen molar-refractivity contribution in [3.05, 3.63) is 0 Å². The average molecular weight is 217 g/mol. The Bertz CT molecular complexity index is 238. The SMILES string of the molecule is CCC(C)(C)OCC(NC(C)=O)C(=O)O. The lowest BCUT2D eigenvalue weighted by molar-refractivity contribution is -0.145. The predicted octanol–water partition coefficient (Wildman–Crippen LogP) is 0.781. The highest BCUT2D eigenvalue weighted by Crippen LogP contribution is 2.13. The van der Waals surface area contributed by atoms with Crippen LogP contribution in [0.5, 0.6) is 0 Å². The molecule has 5 heteroatoms. The number of nitrogens with one attached hydrogen (secondary N) is 1. The van der Waals surface area contributed by atoms with Gasteiger partial charge in [-0.25, -0.2) is 4.79 Å². The number of hydrogen-bond acceptors (Lipinski definition) is 3. The fourth-order valence-electron chi connectivity index (χ4n) is 0.831. The molecule has 0 heterocycles. The number of carboxylic acid groups (broad SMARTS) is 1. The fourth-order valence-corrected chi connectivity index (χ4v) is 0.831. The van der Waals surface area contributed by atoms with Gasteiger partial charge in [0.25, 0.3) is 0 Å². The van der Waals surface area contributed by atoms with Crippen LogP contribution in [0.4, 0.5) is 0 Å². The minimum atomic E-state index is -1.09. The Labute approximate surface area is 89.8 Å². The van der Waals surface area contributed by atoms with Crippen LogP contribution in [0.1, 0.15) is 34.1 Å². The molecule has 1 unspecified atom stereocenters. The molecule has 2 N–H and O–H groups in total. The summed E-state index contributed by atoms with van der Waals surface area (Å²) in [5, 5.41) is 11.1. The number of carbonyl (C=O) groups is 2. The lowest BCUT2D eigenvalue weighted by Crippen LogP contribution is -2.44. The molecule has 1 amide bonds. The van der Waals surface area contributed by atoms with Crippen molar-refractivity contribution >= 4 is 11.9 Å². The molecule has 0 bridgehead atoms. The first-order valence-electron chi connectivity index (χ1n) is 4.92. The number of amides is 1. The standard InChI is InChI=1S/C10H19NO4/c1-5-10(3,4)15-6-8(9(13)14)11-7(2)12/h8H,5-6H2,1-4H3,(H,11,12)(H,13,14). The van der Waals surface area contributed by atoms with Crippen molar-refractivity contribution in [2.75, 3.05) is 6.61 Å². The van der Waals surface area contributed by atoms with Crippen molar-refractivity contribution in [2.24, 2.45) is 0 Å². The summed E-state index contributed by atoms with van der Waals surface area (Å²) in [7, 11) is 0. The van der Waals surface area contributed by atoms with Crippen molar-refractivity contribution < 1.29 is 19.4 Å². The van der Waals surface area contributed by atoms with Crippen LogP contribution in [0.25, 0.3) is 0 Å². The van der Waals surface area contributed by atoms with E-state index in [1.807, 2.05) is 20.8 Å². The molecule has 1 atom stereocenters. The van der Waals surface area contributed by atoms with E-state index < -0.39 is 12.0 Å². The average Bonchev–Trinajstić information content (AvgIpc) is 2.11. The summed E-state index contributed by atoms with van der Waals surface area (Å²) in [5.41, 5.74) is -0.369. The molecule has 5 nitrogen and oxygen atoms in total. The zero-order chi connectivity index (χ0) is 12.1. The first-order valence-corrected chi connectivity index (χ1v) is 4.92. The summed E-state index contributed by atoms with van der Waals surface area (Å²) in [5.74, 6) is -1.46. The highest BCUT2D eigenvalue weighted by Gasteiger charge is 2.23. The summed E-state index contributed by atoms with van der Waals surface area (Å²) in [6, 6.07) is -0.978. The zero-order valence-electron chi connectivity index (χ0n) is 9.66. The monoisotopic (exact) mass is 217 g/mol. The lowest BCUT2D eigenvalue weighted by Gasteiger charge is -2.25. The van der Waals surface area contributed by atoms with Crippen LogP contribution in [-0.4, -0.2) is 35.2 Å². The van der Waals surface area contributed by atoms with Crippen molar-refractivity contribution in [3.8, 4) is 0 Å². The number of ether oxygens (including phenoxy) is 1. The Balaban J connectivity index is 4.19. The summed E-state index contributed by atoms with van der Waals surface area (Å²) < 4.78 is 5.41. The maximum Gasteiger partial charge on any atom is 0.328 e. The van der Waals surface area contributed by atoms with Crippen molar-refractivity contribution in [1.29, 1.82) is 0 Å². The number of carboxylic acids is 1. The van der Waals surface area contributed by atoms with Gasteiger partial charge in [-0.15, -0.1) is 0 Å². The van der Waals surface area contributed by atoms with Crippen LogP contribution in [0.3, 0.4) is 0 Å². The second kappa shape index (κ2) is 5.70. The molecule has 0 aliphatic carbocycles. The molecule has 0 aromatic heterocycles. The van der Waals surface area contributed by atoms with E-state index in [1.54, 1.807) is 0 Å². The summed E-state index contributed by atoms with van der Waals surface area (Å²) >= 11 is 0. The van der Waals surface area contributed by atoms with Gasteiger partial charge in [0.15, 0.2) is 6.04 Å². The fraction of sp³-hybridized carbons (Fsp3) is 0.800. The van der Waals surface area contributed by atoms with E-state index in [1.165, 1.54) is 6.92 Å². The van der Waals surface area contributed by atoms with Gasteiger partial charge in [0.1, 0.15) is 0 Å². The normalized spacial score (nSPS) is 13.3. The zero-order valence-corrected chi connectivity index (χ0v) is 9.66. The van der Waals surface area contributed by atoms with E-state index in [2.05, 4.69) is 5.32 Å². The molecule has 0 radical (unpaired) electrons. The maximum absolute atomic E-state index is 10.7. The summed E-state index contributed by atoms with van der Waals surface area (Å²) in [4.78, 5) is 21.5. The van der Waals surface area contributed by atoms with Crippen molar-refractivity contribution in [1.82, 2.24) is 5.32 Å². The van der Waals surface area contributed by atoms with E-state index in [0.29, 0.717) is 0 Å². The van der Waals surface area contributed by atoms with E-state index in [9.17, 15) is 9.59 Å². The minimum Gasteiger partial charge on any atom is -0.480 e. The molecule has 0 rings (SSSR count). The van der Waals surface area contributed by atoms with Gasteiger partial charge < -0.3 is 15.2 Å². The second-order valence-corrected chi connectivity index (χ2v) is 4.02. The van der Waals surface area contributed by atoms with Gasteiger partial charge in [0.05, 0.1) is 12.2 Å². The van der Waals surface area contributed by atoms with Crippen LogP contribution < -0.4 is 5.32 Å². The number of carbonyl (C=O) groups excluding carboxylic acids is 1. The highest BCUT2D eigenvalue weighted by atomic mass is 16.5. The topological polar surface area (TPSA) is 75.6 Å². The van der Waals surface area contributed by atoms with Crippen LogP contribution in [0.2, 0.25) is 0 Å². The molecule has 88 valence electrons. The van der Waals surface area contributed by atoms with Gasteiger partial charge in [-0.1, -0.05) is 6.92 Å². The molecule has 0 aromatic carbocycles. The molecule has 0 fully saturated rings. The third kappa shape index (κ3) is 6.06. The maximum atomic E-state index is 10.7. The Morgan fingerprint density at radius 1 is 1.47 bits per heavy atom. The van der Waals surface area contributed by atoms with E-state index >= 15 is 0 Å². The van der Waals surface area contributed by atoms with E-state index in [4.69, 9.17) is 9.84 Å². The third-order valence-corrected chi connectivity index (χ3v) is 2.17. The van der Waals surface area contributed by atoms with E-state index in [0.717, 1.165) is 6.42 Å². The molecular formula is C10H19NO4. The molecule has 0 aliphatic heterocycles. The number of aliphatic carboxylic acids is 1. The molecule has 0 spiro atoms. The Morgan fingerprint density at radius 2 is 2.00 bits per heavy atom. The Hall–Kier alpha value is -1.10. The van der Waals surface area contributed by atoms with Gasteiger partial charge >= 0.3 is 5.97 Å². The van der Waals surface area contributed by atoms with Crippen LogP contribution in [0.15, 0.2) is 0 Å². The summed E-state index contributed by atoms with van der Waals surface area (Å²) in [6.45, 7) is 6.96. The Kier molecular flexibility index (Phi) is 5.28. The smallest absolute Gasteiger partial charge is 0.328 e. The van der Waals surface area contributed by atoms with E-state index in [-0.39, 0.29) is 18.1 Å². The lowest BCUT2D eigenvalue weighted by atomic mass is 10.1. The van der Waals surface area contributed by atoms with Crippen LogP contribution in [-0.2, 0) is 14.3 Å². The van der Waals surface area contributed by atoms with Gasteiger partial charge in [0.2, 0.25) is 5.91 Å². The van der Waals surface area contributed by atoms with Crippen LogP contribution >= 0.6 is 0 Å². The minimum absolute atomic E-state index is 0.0181. The predicted molar refractivity (Wildman–Crippen MR) is 55.6 cm³/mol. The Morgan fingerprint density at radius 3 is 2.33 bits per heavy atom.